The maximum absolute atomic E-state index is 12.7. The number of hydrogen-bond acceptors (Lipinski definition) is 7. The molecule has 1 saturated heterocycles. The zero-order valence-electron chi connectivity index (χ0n) is 17.8. The number of nitrogens with zero attached hydrogens (tertiary/aromatic N) is 5. The van der Waals surface area contributed by atoms with Crippen LogP contribution in [0, 0.1) is 0 Å². The van der Waals surface area contributed by atoms with Crippen molar-refractivity contribution in [1.82, 2.24) is 23.0 Å². The van der Waals surface area contributed by atoms with Gasteiger partial charge in [0.05, 0.1) is 18.1 Å². The third-order valence-electron chi connectivity index (χ3n) is 5.35. The number of hydrogen-bond donors (Lipinski definition) is 1. The van der Waals surface area contributed by atoms with E-state index in [0.717, 1.165) is 4.57 Å². The van der Waals surface area contributed by atoms with E-state index < -0.39 is 27.2 Å². The van der Waals surface area contributed by atoms with Crippen LogP contribution in [-0.4, -0.2) is 63.6 Å². The van der Waals surface area contributed by atoms with E-state index in [-0.39, 0.29) is 41.0 Å². The van der Waals surface area contributed by atoms with Gasteiger partial charge in [0, 0.05) is 32.9 Å². The number of aryl methyl sites for hydroxylation is 1. The minimum absolute atomic E-state index is 0.0201. The summed E-state index contributed by atoms with van der Waals surface area (Å²) in [4.78, 5) is 41.4. The van der Waals surface area contributed by atoms with Gasteiger partial charge in [-0.3, -0.25) is 23.3 Å². The van der Waals surface area contributed by atoms with Crippen molar-refractivity contribution in [2.45, 2.75) is 11.4 Å². The summed E-state index contributed by atoms with van der Waals surface area (Å²) in [5.41, 5.74) is -0.740. The predicted octanol–water partition coefficient (Wildman–Crippen LogP) is -0.253. The second kappa shape index (κ2) is 8.74. The van der Waals surface area contributed by atoms with E-state index in [1.807, 2.05) is 0 Å². The van der Waals surface area contributed by atoms with Crippen LogP contribution in [0.3, 0.4) is 0 Å². The van der Waals surface area contributed by atoms with Gasteiger partial charge in [-0.2, -0.15) is 9.29 Å². The molecule has 3 aromatic rings. The molecule has 1 N–H and O–H groups in total. The molecule has 12 nitrogen and oxygen atoms in total. The monoisotopic (exact) mass is 496 g/mol. The number of ether oxygens (including phenoxy) is 1. The van der Waals surface area contributed by atoms with Gasteiger partial charge < -0.3 is 10.1 Å². The van der Waals surface area contributed by atoms with E-state index in [0.29, 0.717) is 18.9 Å². The first kappa shape index (κ1) is 23.2. The van der Waals surface area contributed by atoms with E-state index >= 15 is 0 Å². The van der Waals surface area contributed by atoms with Gasteiger partial charge in [0.2, 0.25) is 21.2 Å². The van der Waals surface area contributed by atoms with Crippen LogP contribution < -0.4 is 16.6 Å². The lowest BCUT2D eigenvalue weighted by Gasteiger charge is -2.26. The molecule has 2 aromatic heterocycles. The number of carbonyl (C=O) groups excluding carboxylic acids is 1. The number of imidazole rings is 1. The number of carbonyl (C=O) groups is 1. The summed E-state index contributed by atoms with van der Waals surface area (Å²) in [6.07, 6.45) is 0. The smallest absolute Gasteiger partial charge is 0.332 e. The van der Waals surface area contributed by atoms with Gasteiger partial charge in [0.1, 0.15) is 6.54 Å². The average Bonchev–Trinajstić information content (AvgIpc) is 3.13. The lowest BCUT2D eigenvalue weighted by molar-refractivity contribution is -0.116. The molecular formula is C19H21ClN6O6S. The Morgan fingerprint density at radius 2 is 1.76 bits per heavy atom. The number of aromatic nitrogens is 4. The van der Waals surface area contributed by atoms with Gasteiger partial charge in [0.25, 0.3) is 5.56 Å². The number of fused-ring (bicyclic) bond motifs is 1. The molecule has 0 bridgehead atoms. The van der Waals surface area contributed by atoms with Crippen LogP contribution in [0.25, 0.3) is 11.2 Å². The summed E-state index contributed by atoms with van der Waals surface area (Å²) < 4.78 is 35.2. The van der Waals surface area contributed by atoms with Gasteiger partial charge in [-0.15, -0.1) is 0 Å². The van der Waals surface area contributed by atoms with Crippen LogP contribution in [0.2, 0.25) is 5.28 Å². The summed E-state index contributed by atoms with van der Waals surface area (Å²) >= 11 is 6.14. The number of nitrogens with one attached hydrogen (secondary N) is 1. The summed E-state index contributed by atoms with van der Waals surface area (Å²) in [5.74, 6) is -0.518. The van der Waals surface area contributed by atoms with Crippen LogP contribution >= 0.6 is 11.6 Å². The number of sulfonamides is 1. The Morgan fingerprint density at radius 1 is 1.12 bits per heavy atom. The van der Waals surface area contributed by atoms with Crippen molar-refractivity contribution in [3.63, 3.8) is 0 Å². The van der Waals surface area contributed by atoms with Crippen molar-refractivity contribution >= 4 is 44.4 Å². The SMILES string of the molecule is Cn1c(=O)c2c(nc(Cl)n2CC(=O)Nc2ccc(S(=O)(=O)N3CCOCC3)cc2)n(C)c1=O. The van der Waals surface area contributed by atoms with E-state index in [9.17, 15) is 22.8 Å². The number of amides is 1. The van der Waals surface area contributed by atoms with Crippen molar-refractivity contribution in [3.05, 3.63) is 50.4 Å². The Balaban J connectivity index is 1.54. The number of morpholine rings is 1. The fourth-order valence-electron chi connectivity index (χ4n) is 3.55. The highest BCUT2D eigenvalue weighted by Gasteiger charge is 2.26. The first-order valence-corrected chi connectivity index (χ1v) is 11.7. The second-order valence-electron chi connectivity index (χ2n) is 7.43. The van der Waals surface area contributed by atoms with Crippen molar-refractivity contribution in [3.8, 4) is 0 Å². The molecular weight excluding hydrogens is 476 g/mol. The maximum atomic E-state index is 12.7. The van der Waals surface area contributed by atoms with Crippen LogP contribution in [0.1, 0.15) is 0 Å². The molecule has 4 rings (SSSR count). The number of rotatable bonds is 5. The predicted molar refractivity (Wildman–Crippen MR) is 120 cm³/mol. The first-order valence-electron chi connectivity index (χ1n) is 9.91. The molecule has 3 heterocycles. The number of halogens is 1. The summed E-state index contributed by atoms with van der Waals surface area (Å²) in [6.45, 7) is 0.917. The second-order valence-corrected chi connectivity index (χ2v) is 9.71. The summed E-state index contributed by atoms with van der Waals surface area (Å²) in [7, 11) is -0.879. The van der Waals surface area contributed by atoms with E-state index in [1.54, 1.807) is 0 Å². The largest absolute Gasteiger partial charge is 0.379 e. The minimum Gasteiger partial charge on any atom is -0.379 e. The van der Waals surface area contributed by atoms with E-state index in [2.05, 4.69) is 10.3 Å². The minimum atomic E-state index is -3.65. The van der Waals surface area contributed by atoms with Gasteiger partial charge in [-0.05, 0) is 35.9 Å². The van der Waals surface area contributed by atoms with Crippen molar-refractivity contribution in [2.24, 2.45) is 14.1 Å². The molecule has 1 fully saturated rings. The lowest BCUT2D eigenvalue weighted by atomic mass is 10.3. The van der Waals surface area contributed by atoms with Crippen molar-refractivity contribution < 1.29 is 17.9 Å². The Hall–Kier alpha value is -3.00. The molecule has 0 radical (unpaired) electrons. The molecule has 176 valence electrons. The maximum Gasteiger partial charge on any atom is 0.332 e. The normalized spacial score (nSPS) is 15.1. The lowest BCUT2D eigenvalue weighted by Crippen LogP contribution is -2.40. The molecule has 14 heteroatoms. The fourth-order valence-corrected chi connectivity index (χ4v) is 5.19. The Labute approximate surface area is 193 Å². The third kappa shape index (κ3) is 4.19. The van der Waals surface area contributed by atoms with Gasteiger partial charge in [-0.25, -0.2) is 13.2 Å². The topological polar surface area (TPSA) is 138 Å². The van der Waals surface area contributed by atoms with Crippen molar-refractivity contribution in [1.29, 1.82) is 0 Å². The van der Waals surface area contributed by atoms with Crippen LogP contribution in [0.15, 0.2) is 38.8 Å². The first-order chi connectivity index (χ1) is 15.6. The molecule has 0 aliphatic carbocycles. The van der Waals surface area contributed by atoms with Crippen molar-refractivity contribution in [2.75, 3.05) is 31.6 Å². The highest BCUT2D eigenvalue weighted by molar-refractivity contribution is 7.89. The molecule has 1 aromatic carbocycles. The Morgan fingerprint density at radius 3 is 2.39 bits per heavy atom. The number of anilines is 1. The molecule has 1 amide bonds. The summed E-state index contributed by atoms with van der Waals surface area (Å²) in [5, 5.41) is 2.52. The number of benzene rings is 1. The zero-order chi connectivity index (χ0) is 23.9. The molecule has 0 unspecified atom stereocenters. The van der Waals surface area contributed by atoms with Gasteiger partial charge >= 0.3 is 5.69 Å². The van der Waals surface area contributed by atoms with E-state index in [4.69, 9.17) is 16.3 Å². The standard InChI is InChI=1S/C19H21ClN6O6S/c1-23-16-15(17(28)24(2)19(23)29)26(18(20)22-16)11-14(27)21-12-3-5-13(6-4-12)33(30,31)25-7-9-32-10-8-25/h3-6H,7-11H2,1-2H3,(H,21,27). The zero-order valence-corrected chi connectivity index (χ0v) is 19.4. The van der Waals surface area contributed by atoms with Gasteiger partial charge in [-0.1, -0.05) is 0 Å². The third-order valence-corrected chi connectivity index (χ3v) is 7.55. The highest BCUT2D eigenvalue weighted by Crippen LogP contribution is 2.20. The van der Waals surface area contributed by atoms with Crippen LogP contribution in [0.4, 0.5) is 5.69 Å². The van der Waals surface area contributed by atoms with Crippen LogP contribution in [-0.2, 0) is 40.2 Å². The van der Waals surface area contributed by atoms with Gasteiger partial charge in [0.15, 0.2) is 11.2 Å². The Bertz CT molecular complexity index is 1450. The van der Waals surface area contributed by atoms with Crippen LogP contribution in [0.5, 0.6) is 0 Å². The molecule has 0 spiro atoms. The van der Waals surface area contributed by atoms with E-state index in [1.165, 1.54) is 51.8 Å². The molecule has 0 atom stereocenters. The average molecular weight is 497 g/mol. The molecule has 0 saturated carbocycles. The quantitative estimate of drug-likeness (QED) is 0.480. The Kier molecular flexibility index (Phi) is 6.14. The molecule has 1 aliphatic heterocycles. The highest BCUT2D eigenvalue weighted by atomic mass is 35.5. The fraction of sp³-hybridized carbons (Fsp3) is 0.368. The summed E-state index contributed by atoms with van der Waals surface area (Å²) in [6, 6.07) is 5.76. The molecule has 1 aliphatic rings. The molecule has 33 heavy (non-hydrogen) atoms.